The van der Waals surface area contributed by atoms with Crippen LogP contribution in [0.25, 0.3) is 6.08 Å². The van der Waals surface area contributed by atoms with Gasteiger partial charge in [0.05, 0.1) is 0 Å². The number of ether oxygens (including phenoxy) is 1. The van der Waals surface area contributed by atoms with E-state index in [0.29, 0.717) is 11.6 Å². The first-order valence-electron chi connectivity index (χ1n) is 5.34. The summed E-state index contributed by atoms with van der Waals surface area (Å²) in [5.41, 5.74) is 1.27. The van der Waals surface area contributed by atoms with E-state index in [2.05, 4.69) is 20.9 Å². The molecule has 0 radical (unpaired) electrons. The summed E-state index contributed by atoms with van der Waals surface area (Å²) >= 11 is 3.38. The fraction of sp³-hybridized carbons (Fsp3) is 0.231. The van der Waals surface area contributed by atoms with Crippen molar-refractivity contribution in [2.45, 2.75) is 13.8 Å². The highest BCUT2D eigenvalue weighted by Crippen LogP contribution is 2.20. The van der Waals surface area contributed by atoms with Crippen molar-refractivity contribution in [3.05, 3.63) is 40.0 Å². The van der Waals surface area contributed by atoms with Crippen molar-refractivity contribution in [3.8, 4) is 0 Å². The molecule has 0 aromatic heterocycles. The van der Waals surface area contributed by atoms with Crippen molar-refractivity contribution >= 4 is 33.9 Å². The van der Waals surface area contributed by atoms with Crippen LogP contribution in [0.4, 0.5) is 0 Å². The van der Waals surface area contributed by atoms with E-state index in [1.807, 2.05) is 38.1 Å². The van der Waals surface area contributed by atoms with E-state index in [4.69, 9.17) is 4.74 Å². The first kappa shape index (κ1) is 12.0. The van der Waals surface area contributed by atoms with Gasteiger partial charge in [-0.3, -0.25) is 0 Å². The molecule has 4 heteroatoms. The van der Waals surface area contributed by atoms with Gasteiger partial charge in [0, 0.05) is 10.4 Å². The lowest BCUT2D eigenvalue weighted by atomic mass is 10.2. The van der Waals surface area contributed by atoms with Gasteiger partial charge in [-0.2, -0.15) is 0 Å². The highest BCUT2D eigenvalue weighted by molar-refractivity contribution is 9.10. The number of halogens is 1. The summed E-state index contributed by atoms with van der Waals surface area (Å²) in [6, 6.07) is 7.67. The van der Waals surface area contributed by atoms with E-state index in [1.165, 1.54) is 0 Å². The molecule has 88 valence electrons. The maximum atomic E-state index is 11.6. The van der Waals surface area contributed by atoms with Crippen molar-refractivity contribution in [3.63, 3.8) is 0 Å². The molecule has 0 spiro atoms. The van der Waals surface area contributed by atoms with Crippen molar-refractivity contribution in [2.24, 2.45) is 10.9 Å². The van der Waals surface area contributed by atoms with E-state index in [-0.39, 0.29) is 11.9 Å². The van der Waals surface area contributed by atoms with E-state index in [1.54, 1.807) is 6.08 Å². The largest absolute Gasteiger partial charge is 0.407 e. The van der Waals surface area contributed by atoms with Crippen LogP contribution in [0.3, 0.4) is 0 Å². The number of hydrogen-bond donors (Lipinski definition) is 0. The summed E-state index contributed by atoms with van der Waals surface area (Å²) < 4.78 is 6.03. The summed E-state index contributed by atoms with van der Waals surface area (Å²) in [5, 5.41) is 0. The minimum Gasteiger partial charge on any atom is -0.407 e. The normalized spacial score (nSPS) is 17.5. The third-order valence-electron chi connectivity index (χ3n) is 2.28. The molecule has 17 heavy (non-hydrogen) atoms. The van der Waals surface area contributed by atoms with Crippen LogP contribution in [-0.4, -0.2) is 11.9 Å². The van der Waals surface area contributed by atoms with Crippen LogP contribution >= 0.6 is 15.9 Å². The predicted octanol–water partition coefficient (Wildman–Crippen LogP) is 3.40. The molecule has 0 amide bonds. The molecule has 0 unspecified atom stereocenters. The average molecular weight is 294 g/mol. The Balaban J connectivity index is 2.31. The number of benzene rings is 1. The smallest absolute Gasteiger partial charge is 0.363 e. The summed E-state index contributed by atoms with van der Waals surface area (Å²) in [6.45, 7) is 3.88. The molecule has 1 aliphatic heterocycles. The molecule has 1 heterocycles. The first-order chi connectivity index (χ1) is 8.06. The Morgan fingerprint density at radius 1 is 1.41 bits per heavy atom. The highest BCUT2D eigenvalue weighted by Gasteiger charge is 2.24. The molecule has 0 saturated carbocycles. The van der Waals surface area contributed by atoms with Gasteiger partial charge in [-0.15, -0.1) is 0 Å². The lowest BCUT2D eigenvalue weighted by molar-refractivity contribution is -0.130. The average Bonchev–Trinajstić information content (AvgIpc) is 2.61. The van der Waals surface area contributed by atoms with Crippen LogP contribution in [0.15, 0.2) is 39.4 Å². The van der Waals surface area contributed by atoms with Crippen molar-refractivity contribution in [2.75, 3.05) is 0 Å². The number of cyclic esters (lactones) is 1. The zero-order chi connectivity index (χ0) is 12.4. The first-order valence-corrected chi connectivity index (χ1v) is 6.13. The van der Waals surface area contributed by atoms with Gasteiger partial charge >= 0.3 is 5.97 Å². The molecule has 0 bridgehead atoms. The van der Waals surface area contributed by atoms with Crippen LogP contribution in [-0.2, 0) is 9.53 Å². The second-order valence-electron chi connectivity index (χ2n) is 4.08. The van der Waals surface area contributed by atoms with Gasteiger partial charge in [0.2, 0.25) is 5.90 Å². The van der Waals surface area contributed by atoms with Crippen molar-refractivity contribution in [1.82, 2.24) is 0 Å². The lowest BCUT2D eigenvalue weighted by Crippen LogP contribution is -2.09. The minimum atomic E-state index is -0.381. The summed E-state index contributed by atoms with van der Waals surface area (Å²) in [5.74, 6) is 0.220. The van der Waals surface area contributed by atoms with Gasteiger partial charge in [-0.25, -0.2) is 9.79 Å². The van der Waals surface area contributed by atoms with Crippen LogP contribution in [0.5, 0.6) is 0 Å². The Bertz CT molecular complexity index is 518. The van der Waals surface area contributed by atoms with E-state index < -0.39 is 0 Å². The number of hydrogen-bond acceptors (Lipinski definition) is 3. The van der Waals surface area contributed by atoms with Crippen LogP contribution < -0.4 is 0 Å². The molecule has 1 aromatic carbocycles. The van der Waals surface area contributed by atoms with Crippen molar-refractivity contribution in [1.29, 1.82) is 0 Å². The van der Waals surface area contributed by atoms with E-state index >= 15 is 0 Å². The van der Waals surface area contributed by atoms with Gasteiger partial charge in [-0.1, -0.05) is 41.9 Å². The highest BCUT2D eigenvalue weighted by atomic mass is 79.9. The van der Waals surface area contributed by atoms with E-state index in [9.17, 15) is 4.79 Å². The van der Waals surface area contributed by atoms with Gasteiger partial charge in [0.1, 0.15) is 0 Å². The third-order valence-corrected chi connectivity index (χ3v) is 2.78. The van der Waals surface area contributed by atoms with Gasteiger partial charge < -0.3 is 4.74 Å². The zero-order valence-corrected chi connectivity index (χ0v) is 11.2. The fourth-order valence-corrected chi connectivity index (χ4v) is 1.84. The Kier molecular flexibility index (Phi) is 3.43. The molecule has 0 saturated heterocycles. The topological polar surface area (TPSA) is 38.7 Å². The summed E-state index contributed by atoms with van der Waals surface area (Å²) in [4.78, 5) is 15.7. The fourth-order valence-electron chi connectivity index (χ4n) is 1.43. The summed E-state index contributed by atoms with van der Waals surface area (Å²) in [7, 11) is 0. The molecule has 3 nitrogen and oxygen atoms in total. The van der Waals surface area contributed by atoms with Gasteiger partial charge in [-0.05, 0) is 23.8 Å². The number of nitrogens with zero attached hydrogens (tertiary/aromatic N) is 1. The Morgan fingerprint density at radius 2 is 2.18 bits per heavy atom. The maximum absolute atomic E-state index is 11.6. The number of carbonyl (C=O) groups excluding carboxylic acids is 1. The van der Waals surface area contributed by atoms with Gasteiger partial charge in [0.25, 0.3) is 0 Å². The number of rotatable bonds is 2. The quantitative estimate of drug-likeness (QED) is 0.619. The number of aliphatic imine (C=N–C) groups is 1. The molecule has 1 aliphatic rings. The number of esters is 1. The molecular formula is C13H12BrNO2. The van der Waals surface area contributed by atoms with Crippen LogP contribution in [0.2, 0.25) is 0 Å². The Labute approximate surface area is 108 Å². The Hall–Kier alpha value is -1.42. The molecule has 2 rings (SSSR count). The molecule has 0 N–H and O–H groups in total. The van der Waals surface area contributed by atoms with Crippen LogP contribution in [0.1, 0.15) is 19.4 Å². The molecule has 1 aromatic rings. The molecular weight excluding hydrogens is 282 g/mol. The Morgan fingerprint density at radius 3 is 2.76 bits per heavy atom. The zero-order valence-electron chi connectivity index (χ0n) is 9.61. The monoisotopic (exact) mass is 293 g/mol. The second kappa shape index (κ2) is 4.84. The molecule has 0 fully saturated rings. The van der Waals surface area contributed by atoms with Gasteiger partial charge in [0.15, 0.2) is 5.70 Å². The second-order valence-corrected chi connectivity index (χ2v) is 4.99. The predicted molar refractivity (Wildman–Crippen MR) is 70.5 cm³/mol. The summed E-state index contributed by atoms with van der Waals surface area (Å²) in [6.07, 6.45) is 1.72. The van der Waals surface area contributed by atoms with E-state index in [0.717, 1.165) is 10.0 Å². The SMILES string of the molecule is CC(C)C1=N/C(=C/c2cccc(Br)c2)C(=O)O1. The number of carbonyl (C=O) groups is 1. The minimum absolute atomic E-state index is 0.118. The standard InChI is InChI=1S/C13H12BrNO2/c1-8(2)12-15-11(13(16)17-12)7-9-4-3-5-10(14)6-9/h3-8H,1-2H3/b11-7+. The van der Waals surface area contributed by atoms with Crippen LogP contribution in [0, 0.1) is 5.92 Å². The molecule has 0 atom stereocenters. The lowest BCUT2D eigenvalue weighted by Gasteiger charge is -1.99. The third kappa shape index (κ3) is 2.82. The van der Waals surface area contributed by atoms with Crippen molar-refractivity contribution < 1.29 is 9.53 Å². The maximum Gasteiger partial charge on any atom is 0.363 e. The molecule has 0 aliphatic carbocycles.